The van der Waals surface area contributed by atoms with Gasteiger partial charge in [-0.2, -0.15) is 0 Å². The molecule has 2 atom stereocenters. The number of allylic oxidation sites excluding steroid dienone is 1. The molecule has 0 fully saturated rings. The number of benzene rings is 1. The molecule has 0 spiro atoms. The van der Waals surface area contributed by atoms with Crippen LogP contribution in [0.4, 0.5) is 0 Å². The maximum atomic E-state index is 11.6. The second-order valence-electron chi connectivity index (χ2n) is 4.60. The van der Waals surface area contributed by atoms with E-state index in [9.17, 15) is 4.79 Å². The molecular weight excluding hydrogens is 228 g/mol. The Labute approximate surface area is 107 Å². The van der Waals surface area contributed by atoms with E-state index in [-0.39, 0.29) is 18.0 Å². The third-order valence-corrected chi connectivity index (χ3v) is 3.13. The van der Waals surface area contributed by atoms with Gasteiger partial charge in [0.05, 0.1) is 25.4 Å². The van der Waals surface area contributed by atoms with Crippen molar-refractivity contribution in [3.05, 3.63) is 47.7 Å². The van der Waals surface area contributed by atoms with Crippen LogP contribution < -0.4 is 0 Å². The summed E-state index contributed by atoms with van der Waals surface area (Å²) in [6.45, 7) is 4.25. The van der Waals surface area contributed by atoms with Gasteiger partial charge < -0.3 is 9.47 Å². The molecule has 1 aromatic carbocycles. The van der Waals surface area contributed by atoms with Crippen LogP contribution in [0.1, 0.15) is 25.8 Å². The highest BCUT2D eigenvalue weighted by molar-refractivity contribution is 5.95. The molecule has 0 radical (unpaired) electrons. The highest BCUT2D eigenvalue weighted by Crippen LogP contribution is 2.19. The van der Waals surface area contributed by atoms with Gasteiger partial charge in [0, 0.05) is 5.57 Å². The van der Waals surface area contributed by atoms with Gasteiger partial charge in [-0.1, -0.05) is 30.3 Å². The largest absolute Gasteiger partial charge is 0.494 e. The minimum absolute atomic E-state index is 0.0986. The molecule has 1 aliphatic heterocycles. The van der Waals surface area contributed by atoms with Gasteiger partial charge in [0.2, 0.25) is 0 Å². The Morgan fingerprint density at radius 3 is 2.78 bits per heavy atom. The average molecular weight is 246 g/mol. The molecule has 0 N–H and O–H groups in total. The number of rotatable bonds is 4. The van der Waals surface area contributed by atoms with Crippen LogP contribution in [0.25, 0.3) is 0 Å². The lowest BCUT2D eigenvalue weighted by atomic mass is 10.0. The number of Topliss-reactive ketones (excluding diaryl/α,β-unsaturated/α-hetero) is 1. The summed E-state index contributed by atoms with van der Waals surface area (Å²) in [5.41, 5.74) is 1.81. The first-order valence-electron chi connectivity index (χ1n) is 6.18. The number of ketones is 1. The van der Waals surface area contributed by atoms with Crippen LogP contribution in [0.15, 0.2) is 42.2 Å². The van der Waals surface area contributed by atoms with E-state index < -0.39 is 0 Å². The molecule has 0 saturated carbocycles. The number of carbonyl (C=O) groups excluding carboxylic acids is 1. The minimum atomic E-state index is -0.176. The van der Waals surface area contributed by atoms with Crippen LogP contribution in [0, 0.1) is 0 Å². The highest BCUT2D eigenvalue weighted by atomic mass is 16.5. The van der Waals surface area contributed by atoms with E-state index in [2.05, 4.69) is 0 Å². The molecule has 0 saturated heterocycles. The lowest BCUT2D eigenvalue weighted by molar-refractivity contribution is -0.123. The van der Waals surface area contributed by atoms with E-state index in [1.165, 1.54) is 0 Å². The van der Waals surface area contributed by atoms with Crippen LogP contribution in [0.5, 0.6) is 0 Å². The van der Waals surface area contributed by atoms with Gasteiger partial charge in [-0.15, -0.1) is 0 Å². The summed E-state index contributed by atoms with van der Waals surface area (Å²) in [6.07, 6.45) is 1.67. The summed E-state index contributed by atoms with van der Waals surface area (Å²) in [4.78, 5) is 11.6. The van der Waals surface area contributed by atoms with Crippen molar-refractivity contribution in [1.82, 2.24) is 0 Å². The fourth-order valence-corrected chi connectivity index (χ4v) is 1.83. The summed E-state index contributed by atoms with van der Waals surface area (Å²) >= 11 is 0. The summed E-state index contributed by atoms with van der Waals surface area (Å²) in [5.74, 6) is 0.140. The molecule has 0 amide bonds. The molecule has 0 bridgehead atoms. The van der Waals surface area contributed by atoms with Gasteiger partial charge in [0.25, 0.3) is 0 Å². The van der Waals surface area contributed by atoms with E-state index in [0.717, 1.165) is 5.56 Å². The second kappa shape index (κ2) is 5.83. The van der Waals surface area contributed by atoms with Crippen LogP contribution in [-0.4, -0.2) is 18.0 Å². The van der Waals surface area contributed by atoms with E-state index >= 15 is 0 Å². The zero-order valence-electron chi connectivity index (χ0n) is 10.8. The molecule has 3 nitrogen and oxygen atoms in total. The molecule has 1 heterocycles. The van der Waals surface area contributed by atoms with E-state index in [1.54, 1.807) is 13.2 Å². The molecule has 0 aromatic heterocycles. The van der Waals surface area contributed by atoms with Gasteiger partial charge in [-0.05, 0) is 19.4 Å². The third kappa shape index (κ3) is 3.20. The smallest absolute Gasteiger partial charge is 0.165 e. The Kier molecular flexibility index (Phi) is 4.15. The summed E-state index contributed by atoms with van der Waals surface area (Å²) < 4.78 is 11.2. The number of hydrogen-bond donors (Lipinski definition) is 0. The maximum absolute atomic E-state index is 11.6. The van der Waals surface area contributed by atoms with Crippen molar-refractivity contribution >= 4 is 5.78 Å². The van der Waals surface area contributed by atoms with Gasteiger partial charge in [-0.3, -0.25) is 4.79 Å². The van der Waals surface area contributed by atoms with Gasteiger partial charge in [-0.25, -0.2) is 0 Å². The zero-order valence-corrected chi connectivity index (χ0v) is 10.8. The first kappa shape index (κ1) is 12.8. The predicted octanol–water partition coefficient (Wildman–Crippen LogP) is 2.85. The van der Waals surface area contributed by atoms with Gasteiger partial charge >= 0.3 is 0 Å². The molecule has 96 valence electrons. The second-order valence-corrected chi connectivity index (χ2v) is 4.60. The summed E-state index contributed by atoms with van der Waals surface area (Å²) in [7, 11) is 0. The van der Waals surface area contributed by atoms with Crippen LogP contribution in [-0.2, 0) is 20.9 Å². The standard InChI is InChI=1S/C15H18O3/c1-11-9-18-15(8-14(11)16)12(2)17-10-13-6-4-3-5-7-13/h3-7,9,12,15H,8,10H2,1-2H3/t12-,15-/m0/s1. The molecule has 1 aliphatic rings. The molecule has 3 heteroatoms. The average Bonchev–Trinajstić information content (AvgIpc) is 2.40. The summed E-state index contributed by atoms with van der Waals surface area (Å²) in [5, 5.41) is 0. The zero-order chi connectivity index (χ0) is 13.0. The Hall–Kier alpha value is -1.61. The van der Waals surface area contributed by atoms with Crippen molar-refractivity contribution in [2.75, 3.05) is 0 Å². The quantitative estimate of drug-likeness (QED) is 0.819. The van der Waals surface area contributed by atoms with Crippen molar-refractivity contribution in [2.24, 2.45) is 0 Å². The van der Waals surface area contributed by atoms with Crippen molar-refractivity contribution < 1.29 is 14.3 Å². The van der Waals surface area contributed by atoms with E-state index in [4.69, 9.17) is 9.47 Å². The molecule has 1 aromatic rings. The van der Waals surface area contributed by atoms with Crippen LogP contribution in [0.3, 0.4) is 0 Å². The number of carbonyl (C=O) groups is 1. The molecular formula is C15H18O3. The molecule has 2 rings (SSSR count). The fraction of sp³-hybridized carbons (Fsp3) is 0.400. The lowest BCUT2D eigenvalue weighted by Gasteiger charge is -2.26. The fourth-order valence-electron chi connectivity index (χ4n) is 1.83. The van der Waals surface area contributed by atoms with Crippen molar-refractivity contribution in [3.8, 4) is 0 Å². The molecule has 0 unspecified atom stereocenters. The van der Waals surface area contributed by atoms with E-state index in [0.29, 0.717) is 18.6 Å². The predicted molar refractivity (Wildman–Crippen MR) is 68.9 cm³/mol. The Bertz CT molecular complexity index is 436. The van der Waals surface area contributed by atoms with Gasteiger partial charge in [0.15, 0.2) is 5.78 Å². The Morgan fingerprint density at radius 2 is 2.11 bits per heavy atom. The lowest BCUT2D eigenvalue weighted by Crippen LogP contribution is -2.33. The van der Waals surface area contributed by atoms with Crippen LogP contribution >= 0.6 is 0 Å². The number of hydrogen-bond acceptors (Lipinski definition) is 3. The highest BCUT2D eigenvalue weighted by Gasteiger charge is 2.26. The number of ether oxygens (including phenoxy) is 2. The first-order chi connectivity index (χ1) is 8.66. The van der Waals surface area contributed by atoms with E-state index in [1.807, 2.05) is 37.3 Å². The SMILES string of the molecule is CC1=CO[C@H]([C@H](C)OCc2ccccc2)CC1=O. The topological polar surface area (TPSA) is 35.5 Å². The van der Waals surface area contributed by atoms with Gasteiger partial charge in [0.1, 0.15) is 6.10 Å². The van der Waals surface area contributed by atoms with Crippen LogP contribution in [0.2, 0.25) is 0 Å². The summed E-state index contributed by atoms with van der Waals surface area (Å²) in [6, 6.07) is 9.98. The maximum Gasteiger partial charge on any atom is 0.165 e. The Morgan fingerprint density at radius 1 is 1.39 bits per heavy atom. The molecule has 18 heavy (non-hydrogen) atoms. The Balaban J connectivity index is 1.86. The third-order valence-electron chi connectivity index (χ3n) is 3.13. The normalized spacial score (nSPS) is 21.1. The molecule has 0 aliphatic carbocycles. The monoisotopic (exact) mass is 246 g/mol. The van der Waals surface area contributed by atoms with Crippen molar-refractivity contribution in [1.29, 1.82) is 0 Å². The first-order valence-corrected chi connectivity index (χ1v) is 6.18. The van der Waals surface area contributed by atoms with Crippen molar-refractivity contribution in [2.45, 2.75) is 39.1 Å². The van der Waals surface area contributed by atoms with Crippen molar-refractivity contribution in [3.63, 3.8) is 0 Å². The minimum Gasteiger partial charge on any atom is -0.494 e.